The van der Waals surface area contributed by atoms with Crippen molar-refractivity contribution >= 4 is 29.3 Å². The molecule has 0 radical (unpaired) electrons. The normalized spacial score (nSPS) is 13.3. The summed E-state index contributed by atoms with van der Waals surface area (Å²) in [4.78, 5) is 31.3. The third-order valence-electron chi connectivity index (χ3n) is 4.21. The first-order chi connectivity index (χ1) is 13.2. The minimum Gasteiger partial charge on any atom is -0.454 e. The number of anilines is 1. The first kappa shape index (κ1) is 17.4. The predicted octanol–water partition coefficient (Wildman–Crippen LogP) is 3.24. The number of furan rings is 1. The maximum absolute atomic E-state index is 12.3. The van der Waals surface area contributed by atoms with Crippen LogP contribution in [0.2, 0.25) is 0 Å². The molecule has 2 aromatic heterocycles. The number of carbonyl (C=O) groups is 2. The fourth-order valence-electron chi connectivity index (χ4n) is 2.84. The minimum atomic E-state index is -0.293. The summed E-state index contributed by atoms with van der Waals surface area (Å²) in [5.74, 6) is 0.930. The van der Waals surface area contributed by atoms with Crippen molar-refractivity contribution in [3.63, 3.8) is 0 Å². The van der Waals surface area contributed by atoms with Crippen molar-refractivity contribution in [3.05, 3.63) is 78.0 Å². The van der Waals surface area contributed by atoms with Crippen LogP contribution >= 0.6 is 11.8 Å². The fourth-order valence-corrected chi connectivity index (χ4v) is 3.77. The number of para-hydroxylation sites is 1. The Hall–Kier alpha value is -3.06. The van der Waals surface area contributed by atoms with Gasteiger partial charge in [0.15, 0.2) is 5.76 Å². The molecule has 0 saturated heterocycles. The van der Waals surface area contributed by atoms with Gasteiger partial charge in [0, 0.05) is 23.8 Å². The maximum atomic E-state index is 12.3. The number of hydrogen-bond acceptors (Lipinski definition) is 5. The molecule has 3 aromatic rings. The maximum Gasteiger partial charge on any atom is 0.287 e. The number of amides is 2. The highest BCUT2D eigenvalue weighted by Gasteiger charge is 2.25. The SMILES string of the molecule is O=C(NCc1ccncc1)c1ccc(CN2C(=O)CSc3ccccc32)o1. The van der Waals surface area contributed by atoms with E-state index in [1.807, 2.05) is 36.4 Å². The number of fused-ring (bicyclic) bond motifs is 1. The number of carbonyl (C=O) groups excluding carboxylic acids is 2. The molecule has 1 aliphatic rings. The molecule has 136 valence electrons. The summed E-state index contributed by atoms with van der Waals surface area (Å²) >= 11 is 1.54. The van der Waals surface area contributed by atoms with Crippen molar-refractivity contribution in [1.29, 1.82) is 0 Å². The van der Waals surface area contributed by atoms with Crippen LogP contribution < -0.4 is 10.2 Å². The van der Waals surface area contributed by atoms with Crippen LogP contribution in [0.25, 0.3) is 0 Å². The Morgan fingerprint density at radius 1 is 1.15 bits per heavy atom. The molecule has 1 N–H and O–H groups in total. The lowest BCUT2D eigenvalue weighted by atomic mass is 10.2. The van der Waals surface area contributed by atoms with Crippen LogP contribution in [0.3, 0.4) is 0 Å². The average Bonchev–Trinajstić information content (AvgIpc) is 3.18. The van der Waals surface area contributed by atoms with Gasteiger partial charge in [-0.25, -0.2) is 0 Å². The first-order valence-electron chi connectivity index (χ1n) is 8.49. The molecule has 1 aliphatic heterocycles. The third-order valence-corrected chi connectivity index (χ3v) is 5.26. The summed E-state index contributed by atoms with van der Waals surface area (Å²) in [6.45, 7) is 0.695. The Kier molecular flexibility index (Phi) is 4.93. The number of benzene rings is 1. The van der Waals surface area contributed by atoms with E-state index in [1.54, 1.807) is 29.4 Å². The van der Waals surface area contributed by atoms with Gasteiger partial charge in [-0.05, 0) is 42.0 Å². The van der Waals surface area contributed by atoms with Gasteiger partial charge in [-0.3, -0.25) is 14.6 Å². The lowest BCUT2D eigenvalue weighted by Gasteiger charge is -2.28. The molecule has 4 rings (SSSR count). The van der Waals surface area contributed by atoms with E-state index in [9.17, 15) is 9.59 Å². The van der Waals surface area contributed by atoms with Crippen molar-refractivity contribution in [2.75, 3.05) is 10.7 Å². The summed E-state index contributed by atoms with van der Waals surface area (Å²) in [7, 11) is 0. The number of pyridine rings is 1. The van der Waals surface area contributed by atoms with Crippen molar-refractivity contribution in [1.82, 2.24) is 10.3 Å². The van der Waals surface area contributed by atoms with E-state index in [0.29, 0.717) is 24.6 Å². The van der Waals surface area contributed by atoms with E-state index < -0.39 is 0 Å². The highest BCUT2D eigenvalue weighted by molar-refractivity contribution is 8.00. The highest BCUT2D eigenvalue weighted by atomic mass is 32.2. The second-order valence-electron chi connectivity index (χ2n) is 6.04. The van der Waals surface area contributed by atoms with Crippen LogP contribution in [-0.2, 0) is 17.9 Å². The van der Waals surface area contributed by atoms with Gasteiger partial charge >= 0.3 is 0 Å². The lowest BCUT2D eigenvalue weighted by Crippen LogP contribution is -2.34. The first-order valence-corrected chi connectivity index (χ1v) is 9.47. The molecule has 6 nitrogen and oxygen atoms in total. The molecular formula is C20H17N3O3S. The molecule has 0 fully saturated rings. The number of nitrogens with zero attached hydrogens (tertiary/aromatic N) is 2. The summed E-state index contributed by atoms with van der Waals surface area (Å²) in [6, 6.07) is 14.8. The predicted molar refractivity (Wildman–Crippen MR) is 102 cm³/mol. The van der Waals surface area contributed by atoms with Gasteiger partial charge in [-0.1, -0.05) is 12.1 Å². The lowest BCUT2D eigenvalue weighted by molar-refractivity contribution is -0.116. The molecule has 3 heterocycles. The minimum absolute atomic E-state index is 0.0267. The Morgan fingerprint density at radius 2 is 1.96 bits per heavy atom. The zero-order valence-corrected chi connectivity index (χ0v) is 15.2. The van der Waals surface area contributed by atoms with Gasteiger partial charge < -0.3 is 14.6 Å². The molecule has 0 spiro atoms. The number of rotatable bonds is 5. The number of hydrogen-bond donors (Lipinski definition) is 1. The van der Waals surface area contributed by atoms with Gasteiger partial charge in [0.25, 0.3) is 5.91 Å². The zero-order chi connectivity index (χ0) is 18.6. The molecule has 7 heteroatoms. The van der Waals surface area contributed by atoms with E-state index >= 15 is 0 Å². The highest BCUT2D eigenvalue weighted by Crippen LogP contribution is 2.35. The van der Waals surface area contributed by atoms with E-state index in [-0.39, 0.29) is 17.6 Å². The number of aromatic nitrogens is 1. The molecule has 0 saturated carbocycles. The molecule has 2 amide bonds. The molecule has 1 aromatic carbocycles. The second kappa shape index (κ2) is 7.67. The van der Waals surface area contributed by atoms with Crippen molar-refractivity contribution in [2.24, 2.45) is 0 Å². The topological polar surface area (TPSA) is 75.4 Å². The van der Waals surface area contributed by atoms with Crippen molar-refractivity contribution in [3.8, 4) is 0 Å². The van der Waals surface area contributed by atoms with Crippen LogP contribution in [-0.4, -0.2) is 22.6 Å². The zero-order valence-electron chi connectivity index (χ0n) is 14.4. The summed E-state index contributed by atoms with van der Waals surface area (Å²) in [5.41, 5.74) is 1.83. The van der Waals surface area contributed by atoms with E-state index in [0.717, 1.165) is 16.1 Å². The number of thioether (sulfide) groups is 1. The van der Waals surface area contributed by atoms with E-state index in [4.69, 9.17) is 4.42 Å². The number of nitrogens with one attached hydrogen (secondary N) is 1. The van der Waals surface area contributed by atoms with Crippen molar-refractivity contribution in [2.45, 2.75) is 18.0 Å². The average molecular weight is 379 g/mol. The van der Waals surface area contributed by atoms with Crippen LogP contribution in [0, 0.1) is 0 Å². The Balaban J connectivity index is 1.44. The van der Waals surface area contributed by atoms with Gasteiger partial charge in [-0.15, -0.1) is 11.8 Å². The van der Waals surface area contributed by atoms with Gasteiger partial charge in [0.2, 0.25) is 5.91 Å². The molecular weight excluding hydrogens is 362 g/mol. The third kappa shape index (κ3) is 3.88. The summed E-state index contributed by atoms with van der Waals surface area (Å²) in [6.07, 6.45) is 3.36. The summed E-state index contributed by atoms with van der Waals surface area (Å²) in [5, 5.41) is 2.81. The van der Waals surface area contributed by atoms with Crippen LogP contribution in [0.4, 0.5) is 5.69 Å². The van der Waals surface area contributed by atoms with Crippen molar-refractivity contribution < 1.29 is 14.0 Å². The van der Waals surface area contributed by atoms with E-state index in [2.05, 4.69) is 10.3 Å². The smallest absolute Gasteiger partial charge is 0.287 e. The fraction of sp³-hybridized carbons (Fsp3) is 0.150. The Labute approximate surface area is 160 Å². The van der Waals surface area contributed by atoms with E-state index in [1.165, 1.54) is 11.8 Å². The monoisotopic (exact) mass is 379 g/mol. The van der Waals surface area contributed by atoms with Crippen LogP contribution in [0.1, 0.15) is 21.9 Å². The Bertz CT molecular complexity index is 971. The van der Waals surface area contributed by atoms with Crippen LogP contribution in [0.5, 0.6) is 0 Å². The standard InChI is InChI=1S/C20H17N3O3S/c24-19-13-27-18-4-2-1-3-16(18)23(19)12-15-5-6-17(26-15)20(25)22-11-14-7-9-21-10-8-14/h1-10H,11-13H2,(H,22,25). The largest absolute Gasteiger partial charge is 0.454 e. The second-order valence-corrected chi connectivity index (χ2v) is 7.06. The van der Waals surface area contributed by atoms with Gasteiger partial charge in [-0.2, -0.15) is 0 Å². The van der Waals surface area contributed by atoms with Gasteiger partial charge in [0.1, 0.15) is 5.76 Å². The Morgan fingerprint density at radius 3 is 2.81 bits per heavy atom. The van der Waals surface area contributed by atoms with Crippen LogP contribution in [0.15, 0.2) is 70.2 Å². The molecule has 27 heavy (non-hydrogen) atoms. The molecule has 0 atom stereocenters. The quantitative estimate of drug-likeness (QED) is 0.737. The summed E-state index contributed by atoms with van der Waals surface area (Å²) < 4.78 is 5.67. The molecule has 0 unspecified atom stereocenters. The molecule has 0 aliphatic carbocycles. The molecule has 0 bridgehead atoms. The van der Waals surface area contributed by atoms with Gasteiger partial charge in [0.05, 0.1) is 18.0 Å².